The molecule has 0 fully saturated rings. The number of amides is 1. The second-order valence-electron chi connectivity index (χ2n) is 3.45. The monoisotopic (exact) mass is 235 g/mol. The lowest BCUT2D eigenvalue weighted by molar-refractivity contribution is 0.0955. The van der Waals surface area contributed by atoms with Crippen LogP contribution in [0.4, 0.5) is 0 Å². The number of nitrogens with zero attached hydrogens (tertiary/aromatic N) is 1. The highest BCUT2D eigenvalue weighted by molar-refractivity contribution is 6.31. The number of hydrogen-bond acceptors (Lipinski definition) is 3. The standard InChI is InChI=1S/C11H10ClN3O/c1-6-4-9(11(16)15-13)8-5-7(12)2-3-10(8)14-6/h2-5H,13H2,1H3,(H,15,16). The van der Waals surface area contributed by atoms with Gasteiger partial charge in [-0.1, -0.05) is 11.6 Å². The lowest BCUT2D eigenvalue weighted by Gasteiger charge is -2.06. The molecule has 16 heavy (non-hydrogen) atoms. The number of pyridine rings is 1. The molecular weight excluding hydrogens is 226 g/mol. The summed E-state index contributed by atoms with van der Waals surface area (Å²) in [6.45, 7) is 1.82. The first-order chi connectivity index (χ1) is 7.61. The summed E-state index contributed by atoms with van der Waals surface area (Å²) in [5.41, 5.74) is 4.07. The van der Waals surface area contributed by atoms with Crippen molar-refractivity contribution >= 4 is 28.4 Å². The van der Waals surface area contributed by atoms with Crippen LogP contribution in [-0.4, -0.2) is 10.9 Å². The maximum Gasteiger partial charge on any atom is 0.265 e. The number of fused-ring (bicyclic) bond motifs is 1. The van der Waals surface area contributed by atoms with Gasteiger partial charge < -0.3 is 0 Å². The van der Waals surface area contributed by atoms with Gasteiger partial charge in [0.1, 0.15) is 0 Å². The summed E-state index contributed by atoms with van der Waals surface area (Å²) in [5.74, 6) is 4.78. The van der Waals surface area contributed by atoms with Crippen LogP contribution in [0.3, 0.4) is 0 Å². The summed E-state index contributed by atoms with van der Waals surface area (Å²) in [5, 5.41) is 1.25. The van der Waals surface area contributed by atoms with Crippen molar-refractivity contribution in [2.45, 2.75) is 6.92 Å². The maximum atomic E-state index is 11.6. The number of aromatic nitrogens is 1. The fourth-order valence-corrected chi connectivity index (χ4v) is 1.77. The number of aryl methyl sites for hydroxylation is 1. The Bertz CT molecular complexity index is 568. The summed E-state index contributed by atoms with van der Waals surface area (Å²) >= 11 is 5.89. The van der Waals surface area contributed by atoms with E-state index in [1.807, 2.05) is 6.92 Å². The molecule has 2 aromatic rings. The Labute approximate surface area is 97.4 Å². The number of benzene rings is 1. The molecule has 0 unspecified atom stereocenters. The van der Waals surface area contributed by atoms with Gasteiger partial charge in [-0.3, -0.25) is 15.2 Å². The predicted octanol–water partition coefficient (Wildman–Crippen LogP) is 1.80. The lowest BCUT2D eigenvalue weighted by atomic mass is 10.1. The molecule has 0 radical (unpaired) electrons. The van der Waals surface area contributed by atoms with Gasteiger partial charge in [0.2, 0.25) is 0 Å². The van der Waals surface area contributed by atoms with Gasteiger partial charge in [0, 0.05) is 16.1 Å². The number of carbonyl (C=O) groups is 1. The number of hydrazine groups is 1. The third kappa shape index (κ3) is 1.85. The van der Waals surface area contributed by atoms with Gasteiger partial charge in [-0.15, -0.1) is 0 Å². The average molecular weight is 236 g/mol. The molecule has 4 nitrogen and oxygen atoms in total. The van der Waals surface area contributed by atoms with Crippen LogP contribution in [0.25, 0.3) is 10.9 Å². The third-order valence-electron chi connectivity index (χ3n) is 2.27. The Morgan fingerprint density at radius 2 is 2.19 bits per heavy atom. The summed E-state index contributed by atoms with van der Waals surface area (Å²) in [7, 11) is 0. The number of rotatable bonds is 1. The number of nitrogens with two attached hydrogens (primary N) is 1. The molecule has 1 aromatic heterocycles. The molecule has 0 aliphatic rings. The second kappa shape index (κ2) is 4.08. The molecule has 0 aliphatic heterocycles. The van der Waals surface area contributed by atoms with E-state index in [2.05, 4.69) is 10.4 Å². The van der Waals surface area contributed by atoms with Crippen LogP contribution in [0.1, 0.15) is 16.1 Å². The van der Waals surface area contributed by atoms with E-state index in [-0.39, 0.29) is 5.91 Å². The Morgan fingerprint density at radius 1 is 1.44 bits per heavy atom. The molecule has 0 saturated carbocycles. The molecule has 0 bridgehead atoms. The van der Waals surface area contributed by atoms with E-state index in [1.165, 1.54) is 0 Å². The van der Waals surface area contributed by atoms with Gasteiger partial charge in [-0.2, -0.15) is 0 Å². The van der Waals surface area contributed by atoms with Crippen LogP contribution in [0.2, 0.25) is 5.02 Å². The van der Waals surface area contributed by atoms with Gasteiger partial charge in [0.25, 0.3) is 5.91 Å². The van der Waals surface area contributed by atoms with Crippen molar-refractivity contribution in [1.82, 2.24) is 10.4 Å². The second-order valence-corrected chi connectivity index (χ2v) is 3.88. The van der Waals surface area contributed by atoms with Gasteiger partial charge in [-0.25, -0.2) is 5.84 Å². The first-order valence-corrected chi connectivity index (χ1v) is 5.07. The Kier molecular flexibility index (Phi) is 2.77. The lowest BCUT2D eigenvalue weighted by Crippen LogP contribution is -2.30. The highest BCUT2D eigenvalue weighted by Gasteiger charge is 2.10. The first-order valence-electron chi connectivity index (χ1n) is 4.69. The molecular formula is C11H10ClN3O. The zero-order valence-corrected chi connectivity index (χ0v) is 9.38. The minimum absolute atomic E-state index is 0.349. The molecule has 1 heterocycles. The Balaban J connectivity index is 2.79. The number of nitrogens with one attached hydrogen (secondary N) is 1. The van der Waals surface area contributed by atoms with E-state index < -0.39 is 0 Å². The number of hydrogen-bond donors (Lipinski definition) is 2. The minimum atomic E-state index is -0.349. The zero-order valence-electron chi connectivity index (χ0n) is 8.62. The van der Waals surface area contributed by atoms with Crippen molar-refractivity contribution in [2.24, 2.45) is 5.84 Å². The van der Waals surface area contributed by atoms with E-state index >= 15 is 0 Å². The molecule has 82 valence electrons. The molecule has 0 spiro atoms. The Morgan fingerprint density at radius 3 is 2.88 bits per heavy atom. The van der Waals surface area contributed by atoms with Crippen LogP contribution in [-0.2, 0) is 0 Å². The summed E-state index contributed by atoms with van der Waals surface area (Å²) < 4.78 is 0. The van der Waals surface area contributed by atoms with Crippen molar-refractivity contribution < 1.29 is 4.79 Å². The van der Waals surface area contributed by atoms with E-state index in [9.17, 15) is 4.79 Å². The van der Waals surface area contributed by atoms with Crippen molar-refractivity contribution in [3.8, 4) is 0 Å². The topological polar surface area (TPSA) is 68.0 Å². The van der Waals surface area contributed by atoms with E-state index in [0.29, 0.717) is 16.0 Å². The van der Waals surface area contributed by atoms with Crippen LogP contribution in [0, 0.1) is 6.92 Å². The normalized spacial score (nSPS) is 10.4. The van der Waals surface area contributed by atoms with Gasteiger partial charge in [0.15, 0.2) is 0 Å². The van der Waals surface area contributed by atoms with Crippen LogP contribution in [0.5, 0.6) is 0 Å². The van der Waals surface area contributed by atoms with Crippen LogP contribution < -0.4 is 11.3 Å². The zero-order chi connectivity index (χ0) is 11.7. The summed E-state index contributed by atoms with van der Waals surface area (Å²) in [6, 6.07) is 6.90. The first kappa shape index (κ1) is 10.9. The largest absolute Gasteiger partial charge is 0.290 e. The average Bonchev–Trinajstić information content (AvgIpc) is 2.27. The smallest absolute Gasteiger partial charge is 0.265 e. The Hall–Kier alpha value is -1.65. The van der Waals surface area contributed by atoms with Crippen LogP contribution in [0.15, 0.2) is 24.3 Å². The van der Waals surface area contributed by atoms with Gasteiger partial charge >= 0.3 is 0 Å². The predicted molar refractivity (Wildman–Crippen MR) is 63.1 cm³/mol. The van der Waals surface area contributed by atoms with Gasteiger partial charge in [-0.05, 0) is 31.2 Å². The van der Waals surface area contributed by atoms with Crippen molar-refractivity contribution in [3.05, 3.63) is 40.5 Å². The van der Waals surface area contributed by atoms with Crippen molar-refractivity contribution in [1.29, 1.82) is 0 Å². The summed E-state index contributed by atoms with van der Waals surface area (Å²) in [4.78, 5) is 15.9. The molecule has 5 heteroatoms. The SMILES string of the molecule is Cc1cc(C(=O)NN)c2cc(Cl)ccc2n1. The van der Waals surface area contributed by atoms with Crippen molar-refractivity contribution in [3.63, 3.8) is 0 Å². The molecule has 1 amide bonds. The number of nitrogen functional groups attached to an aromatic ring is 1. The molecule has 0 aliphatic carbocycles. The number of halogens is 1. The van der Waals surface area contributed by atoms with E-state index in [4.69, 9.17) is 17.4 Å². The fraction of sp³-hybridized carbons (Fsp3) is 0.0909. The highest BCUT2D eigenvalue weighted by Crippen LogP contribution is 2.22. The summed E-state index contributed by atoms with van der Waals surface area (Å²) in [6.07, 6.45) is 0. The minimum Gasteiger partial charge on any atom is -0.290 e. The van der Waals surface area contributed by atoms with Crippen LogP contribution >= 0.6 is 11.6 Å². The molecule has 0 atom stereocenters. The highest BCUT2D eigenvalue weighted by atomic mass is 35.5. The van der Waals surface area contributed by atoms with Gasteiger partial charge in [0.05, 0.1) is 11.1 Å². The molecule has 2 rings (SSSR count). The maximum absolute atomic E-state index is 11.6. The number of carbonyl (C=O) groups excluding carboxylic acids is 1. The fourth-order valence-electron chi connectivity index (χ4n) is 1.60. The molecule has 0 saturated heterocycles. The third-order valence-corrected chi connectivity index (χ3v) is 2.51. The van der Waals surface area contributed by atoms with E-state index in [0.717, 1.165) is 11.2 Å². The quantitative estimate of drug-likeness (QED) is 0.450. The van der Waals surface area contributed by atoms with E-state index in [1.54, 1.807) is 24.3 Å². The molecule has 3 N–H and O–H groups in total. The molecule has 1 aromatic carbocycles. The van der Waals surface area contributed by atoms with Crippen molar-refractivity contribution in [2.75, 3.05) is 0 Å².